The van der Waals surface area contributed by atoms with Crippen LogP contribution in [0.25, 0.3) is 0 Å². The maximum absolute atomic E-state index is 11.7. The van der Waals surface area contributed by atoms with Crippen LogP contribution in [0.2, 0.25) is 0 Å². The van der Waals surface area contributed by atoms with E-state index in [0.29, 0.717) is 11.4 Å². The lowest BCUT2D eigenvalue weighted by Gasteiger charge is -2.41. The van der Waals surface area contributed by atoms with Crippen LogP contribution in [0.1, 0.15) is 36.0 Å². The fourth-order valence-electron chi connectivity index (χ4n) is 2.36. The second kappa shape index (κ2) is 5.48. The number of nitrogens with one attached hydrogen (secondary N) is 1. The summed E-state index contributed by atoms with van der Waals surface area (Å²) in [5.74, 6) is -0.300. The van der Waals surface area contributed by atoms with Crippen molar-refractivity contribution in [1.29, 1.82) is 0 Å². The van der Waals surface area contributed by atoms with Gasteiger partial charge in [0.1, 0.15) is 5.82 Å². The molecule has 1 amide bonds. The number of pyridine rings is 1. The molecule has 1 heterocycles. The topological polar surface area (TPSA) is 82.5 Å². The summed E-state index contributed by atoms with van der Waals surface area (Å²) in [4.78, 5) is 28.3. The summed E-state index contributed by atoms with van der Waals surface area (Å²) >= 11 is 0. The summed E-state index contributed by atoms with van der Waals surface area (Å²) in [5, 5.41) is 12.2. The van der Waals surface area contributed by atoms with Gasteiger partial charge in [0.25, 0.3) is 5.91 Å². The summed E-state index contributed by atoms with van der Waals surface area (Å²) in [7, 11) is 3.37. The van der Waals surface area contributed by atoms with Crippen LogP contribution in [0.5, 0.6) is 0 Å². The van der Waals surface area contributed by atoms with Crippen molar-refractivity contribution >= 4 is 17.7 Å². The first-order valence-corrected chi connectivity index (χ1v) is 6.60. The van der Waals surface area contributed by atoms with Gasteiger partial charge in [-0.25, -0.2) is 4.98 Å². The first-order valence-electron chi connectivity index (χ1n) is 6.60. The normalized spacial score (nSPS) is 16.1. The van der Waals surface area contributed by atoms with Gasteiger partial charge in [0.15, 0.2) is 0 Å². The fourth-order valence-corrected chi connectivity index (χ4v) is 2.36. The Morgan fingerprint density at radius 1 is 1.40 bits per heavy atom. The minimum Gasteiger partial charge on any atom is -0.481 e. The van der Waals surface area contributed by atoms with Gasteiger partial charge in [-0.1, -0.05) is 0 Å². The van der Waals surface area contributed by atoms with Crippen molar-refractivity contribution in [3.8, 4) is 0 Å². The molecule has 0 radical (unpaired) electrons. The Kier molecular flexibility index (Phi) is 3.92. The number of aliphatic carboxylic acids is 1. The average molecular weight is 277 g/mol. The van der Waals surface area contributed by atoms with Gasteiger partial charge in [-0.15, -0.1) is 0 Å². The second-order valence-electron chi connectivity index (χ2n) is 5.46. The van der Waals surface area contributed by atoms with E-state index < -0.39 is 5.97 Å². The molecule has 0 aliphatic heterocycles. The molecular formula is C14H19N3O3. The molecule has 1 aromatic rings. The highest BCUT2D eigenvalue weighted by Gasteiger charge is 2.39. The average Bonchev–Trinajstić information content (AvgIpc) is 2.35. The number of hydrogen-bond acceptors (Lipinski definition) is 4. The lowest BCUT2D eigenvalue weighted by Crippen LogP contribution is -2.46. The van der Waals surface area contributed by atoms with Gasteiger partial charge in [0, 0.05) is 25.8 Å². The molecule has 0 bridgehead atoms. The smallest absolute Gasteiger partial charge is 0.305 e. The van der Waals surface area contributed by atoms with Crippen molar-refractivity contribution in [3.63, 3.8) is 0 Å². The van der Waals surface area contributed by atoms with E-state index in [2.05, 4.69) is 10.3 Å². The summed E-state index contributed by atoms with van der Waals surface area (Å²) in [6, 6.07) is 3.42. The number of carboxylic acids is 1. The number of aromatic nitrogens is 1. The van der Waals surface area contributed by atoms with Crippen LogP contribution in [-0.4, -0.2) is 46.5 Å². The number of anilines is 1. The number of carbonyl (C=O) groups is 2. The highest BCUT2D eigenvalue weighted by molar-refractivity contribution is 5.93. The predicted octanol–water partition coefficient (Wildman–Crippen LogP) is 1.59. The van der Waals surface area contributed by atoms with E-state index in [9.17, 15) is 9.59 Å². The number of carboxylic acid groups (broad SMARTS) is 1. The minimum atomic E-state index is -0.809. The molecule has 1 aliphatic carbocycles. The molecule has 1 fully saturated rings. The number of hydrogen-bond donors (Lipinski definition) is 2. The van der Waals surface area contributed by atoms with E-state index in [1.165, 1.54) is 11.1 Å². The fraction of sp³-hybridized carbons (Fsp3) is 0.500. The first-order chi connectivity index (χ1) is 9.42. The van der Waals surface area contributed by atoms with E-state index >= 15 is 0 Å². The third-order valence-corrected chi connectivity index (χ3v) is 3.61. The molecule has 2 N–H and O–H groups in total. The highest BCUT2D eigenvalue weighted by Crippen LogP contribution is 2.37. The number of nitrogens with zero attached hydrogens (tertiary/aromatic N) is 2. The van der Waals surface area contributed by atoms with Gasteiger partial charge >= 0.3 is 5.97 Å². The zero-order valence-electron chi connectivity index (χ0n) is 11.7. The van der Waals surface area contributed by atoms with Crippen molar-refractivity contribution in [2.75, 3.05) is 19.4 Å². The van der Waals surface area contributed by atoms with Crippen LogP contribution in [0.15, 0.2) is 18.3 Å². The minimum absolute atomic E-state index is 0.0903. The van der Waals surface area contributed by atoms with Crippen molar-refractivity contribution < 1.29 is 14.7 Å². The largest absolute Gasteiger partial charge is 0.481 e. The standard InChI is InChI=1S/C14H19N3O3/c1-17(2)13(20)10-4-5-11(15-9-10)16-14(6-3-7-14)8-12(18)19/h4-5,9H,3,6-8H2,1-2H3,(H,15,16)(H,18,19). The van der Waals surface area contributed by atoms with Crippen molar-refractivity contribution in [2.45, 2.75) is 31.2 Å². The van der Waals surface area contributed by atoms with E-state index in [1.54, 1.807) is 26.2 Å². The zero-order chi connectivity index (χ0) is 14.8. The lowest BCUT2D eigenvalue weighted by molar-refractivity contribution is -0.138. The number of rotatable bonds is 5. The van der Waals surface area contributed by atoms with E-state index in [-0.39, 0.29) is 17.9 Å². The molecule has 0 saturated heterocycles. The Labute approximate surface area is 117 Å². The Hall–Kier alpha value is -2.11. The zero-order valence-corrected chi connectivity index (χ0v) is 11.7. The quantitative estimate of drug-likeness (QED) is 0.854. The molecular weight excluding hydrogens is 258 g/mol. The first kappa shape index (κ1) is 14.3. The van der Waals surface area contributed by atoms with Gasteiger partial charge in [0.05, 0.1) is 12.0 Å². The molecule has 1 saturated carbocycles. The van der Waals surface area contributed by atoms with Gasteiger partial charge in [-0.3, -0.25) is 9.59 Å². The molecule has 0 aromatic carbocycles. The Morgan fingerprint density at radius 2 is 2.10 bits per heavy atom. The predicted molar refractivity (Wildman–Crippen MR) is 74.7 cm³/mol. The van der Waals surface area contributed by atoms with E-state index in [1.807, 2.05) is 0 Å². The molecule has 2 rings (SSSR count). The van der Waals surface area contributed by atoms with Crippen LogP contribution in [-0.2, 0) is 4.79 Å². The van der Waals surface area contributed by atoms with Crippen molar-refractivity contribution in [1.82, 2.24) is 9.88 Å². The van der Waals surface area contributed by atoms with Gasteiger partial charge in [0.2, 0.25) is 0 Å². The SMILES string of the molecule is CN(C)C(=O)c1ccc(NC2(CC(=O)O)CCC2)nc1. The Bertz CT molecular complexity index is 507. The summed E-state index contributed by atoms with van der Waals surface area (Å²) in [5.41, 5.74) is 0.132. The van der Waals surface area contributed by atoms with Crippen LogP contribution in [0.3, 0.4) is 0 Å². The van der Waals surface area contributed by atoms with Crippen LogP contribution >= 0.6 is 0 Å². The third kappa shape index (κ3) is 3.07. The molecule has 0 unspecified atom stereocenters. The van der Waals surface area contributed by atoms with Gasteiger partial charge in [-0.2, -0.15) is 0 Å². The van der Waals surface area contributed by atoms with Gasteiger partial charge < -0.3 is 15.3 Å². The summed E-state index contributed by atoms with van der Waals surface area (Å²) in [6.45, 7) is 0. The van der Waals surface area contributed by atoms with Gasteiger partial charge in [-0.05, 0) is 31.4 Å². The molecule has 6 heteroatoms. The summed E-state index contributed by atoms with van der Waals surface area (Å²) < 4.78 is 0. The van der Waals surface area contributed by atoms with Crippen LogP contribution < -0.4 is 5.32 Å². The number of amides is 1. The Morgan fingerprint density at radius 3 is 2.50 bits per heavy atom. The molecule has 108 valence electrons. The summed E-state index contributed by atoms with van der Waals surface area (Å²) in [6.07, 6.45) is 4.29. The monoisotopic (exact) mass is 277 g/mol. The van der Waals surface area contributed by atoms with Crippen LogP contribution in [0.4, 0.5) is 5.82 Å². The molecule has 0 spiro atoms. The number of carbonyl (C=O) groups excluding carboxylic acids is 1. The van der Waals surface area contributed by atoms with Crippen molar-refractivity contribution in [3.05, 3.63) is 23.9 Å². The maximum atomic E-state index is 11.7. The molecule has 0 atom stereocenters. The van der Waals surface area contributed by atoms with Crippen molar-refractivity contribution in [2.24, 2.45) is 0 Å². The molecule has 20 heavy (non-hydrogen) atoms. The lowest BCUT2D eigenvalue weighted by atomic mass is 9.74. The molecule has 1 aliphatic rings. The molecule has 6 nitrogen and oxygen atoms in total. The highest BCUT2D eigenvalue weighted by atomic mass is 16.4. The Balaban J connectivity index is 2.07. The van der Waals surface area contributed by atoms with E-state index in [4.69, 9.17) is 5.11 Å². The molecule has 1 aromatic heterocycles. The second-order valence-corrected chi connectivity index (χ2v) is 5.46. The third-order valence-electron chi connectivity index (χ3n) is 3.61. The van der Waals surface area contributed by atoms with Crippen LogP contribution in [0, 0.1) is 0 Å². The maximum Gasteiger partial charge on any atom is 0.305 e. The van der Waals surface area contributed by atoms with E-state index in [0.717, 1.165) is 19.3 Å².